The molecule has 2 atom stereocenters. The van der Waals surface area contributed by atoms with Crippen LogP contribution in [0.15, 0.2) is 23.0 Å². The number of morpholine rings is 1. The molecule has 1 saturated heterocycles. The second-order valence-corrected chi connectivity index (χ2v) is 4.03. The maximum atomic E-state index is 12.0. The minimum Gasteiger partial charge on any atom is -0.472 e. The minimum absolute atomic E-state index is 0.0253. The molecule has 1 amide bonds. The molecular weight excluding hydrogens is 208 g/mol. The van der Waals surface area contributed by atoms with Crippen molar-refractivity contribution in [3.8, 4) is 0 Å². The van der Waals surface area contributed by atoms with Crippen LogP contribution in [-0.2, 0) is 4.74 Å². The predicted molar refractivity (Wildman–Crippen MR) is 58.0 cm³/mol. The summed E-state index contributed by atoms with van der Waals surface area (Å²) in [5, 5.41) is 0. The highest BCUT2D eigenvalue weighted by atomic mass is 16.5. The van der Waals surface area contributed by atoms with Crippen LogP contribution >= 0.6 is 0 Å². The van der Waals surface area contributed by atoms with Crippen LogP contribution in [0, 0.1) is 0 Å². The van der Waals surface area contributed by atoms with Gasteiger partial charge in [0.25, 0.3) is 5.91 Å². The monoisotopic (exact) mass is 224 g/mol. The molecule has 2 rings (SSSR count). The molecule has 5 heteroatoms. The Hall–Kier alpha value is -1.33. The largest absolute Gasteiger partial charge is 0.472 e. The number of nitrogens with two attached hydrogens (primary N) is 1. The van der Waals surface area contributed by atoms with Crippen LogP contribution in [0.2, 0.25) is 0 Å². The molecule has 1 aliphatic heterocycles. The third kappa shape index (κ3) is 2.25. The summed E-state index contributed by atoms with van der Waals surface area (Å²) in [4.78, 5) is 13.8. The molecule has 1 fully saturated rings. The van der Waals surface area contributed by atoms with Gasteiger partial charge in [-0.1, -0.05) is 0 Å². The van der Waals surface area contributed by atoms with Crippen LogP contribution in [0.1, 0.15) is 17.3 Å². The number of nitrogens with zero attached hydrogens (tertiary/aromatic N) is 1. The van der Waals surface area contributed by atoms with E-state index in [1.165, 1.54) is 12.5 Å². The molecular formula is C11H16N2O3. The first-order valence-corrected chi connectivity index (χ1v) is 5.37. The van der Waals surface area contributed by atoms with Crippen LogP contribution < -0.4 is 5.73 Å². The summed E-state index contributed by atoms with van der Waals surface area (Å²) in [5.74, 6) is -0.0253. The maximum Gasteiger partial charge on any atom is 0.257 e. The van der Waals surface area contributed by atoms with Gasteiger partial charge in [0.1, 0.15) is 6.26 Å². The van der Waals surface area contributed by atoms with Gasteiger partial charge in [-0.2, -0.15) is 0 Å². The SMILES string of the molecule is C[C@H](N)[C@@H]1CN(C(=O)c2ccoc2)CCO1. The molecule has 2 heterocycles. The summed E-state index contributed by atoms with van der Waals surface area (Å²) >= 11 is 0. The van der Waals surface area contributed by atoms with Crippen molar-refractivity contribution < 1.29 is 13.9 Å². The summed E-state index contributed by atoms with van der Waals surface area (Å²) < 4.78 is 10.4. The first kappa shape index (κ1) is 11.2. The third-order valence-electron chi connectivity index (χ3n) is 2.74. The van der Waals surface area contributed by atoms with E-state index in [9.17, 15) is 4.79 Å². The average Bonchev–Trinajstić information content (AvgIpc) is 2.81. The lowest BCUT2D eigenvalue weighted by Crippen LogP contribution is -2.51. The average molecular weight is 224 g/mol. The lowest BCUT2D eigenvalue weighted by molar-refractivity contribution is -0.0300. The Labute approximate surface area is 94.1 Å². The van der Waals surface area contributed by atoms with Gasteiger partial charge in [0.2, 0.25) is 0 Å². The zero-order valence-corrected chi connectivity index (χ0v) is 9.26. The van der Waals surface area contributed by atoms with E-state index in [-0.39, 0.29) is 18.1 Å². The Balaban J connectivity index is 2.02. The van der Waals surface area contributed by atoms with Gasteiger partial charge in [0, 0.05) is 19.1 Å². The Morgan fingerprint density at radius 3 is 3.12 bits per heavy atom. The Bertz CT molecular complexity index is 348. The second-order valence-electron chi connectivity index (χ2n) is 4.03. The highest BCUT2D eigenvalue weighted by Crippen LogP contribution is 2.12. The summed E-state index contributed by atoms with van der Waals surface area (Å²) in [5.41, 5.74) is 6.34. The van der Waals surface area contributed by atoms with Crippen molar-refractivity contribution in [1.82, 2.24) is 4.90 Å². The molecule has 16 heavy (non-hydrogen) atoms. The number of furan rings is 1. The summed E-state index contributed by atoms with van der Waals surface area (Å²) in [6.07, 6.45) is 2.87. The number of carbonyl (C=O) groups is 1. The number of rotatable bonds is 2. The number of ether oxygens (including phenoxy) is 1. The van der Waals surface area contributed by atoms with Crippen molar-refractivity contribution in [2.75, 3.05) is 19.7 Å². The van der Waals surface area contributed by atoms with E-state index in [0.717, 1.165) is 0 Å². The first-order chi connectivity index (χ1) is 7.68. The first-order valence-electron chi connectivity index (χ1n) is 5.37. The molecule has 1 aromatic rings. The number of hydrogen-bond donors (Lipinski definition) is 1. The zero-order chi connectivity index (χ0) is 11.5. The van der Waals surface area contributed by atoms with Crippen molar-refractivity contribution >= 4 is 5.91 Å². The molecule has 0 radical (unpaired) electrons. The maximum absolute atomic E-state index is 12.0. The van der Waals surface area contributed by atoms with Crippen LogP contribution in [0.4, 0.5) is 0 Å². The van der Waals surface area contributed by atoms with Crippen molar-refractivity contribution in [1.29, 1.82) is 0 Å². The van der Waals surface area contributed by atoms with Gasteiger partial charge in [0.15, 0.2) is 0 Å². The van der Waals surface area contributed by atoms with Crippen LogP contribution in [-0.4, -0.2) is 42.6 Å². The molecule has 0 spiro atoms. The molecule has 88 valence electrons. The van der Waals surface area contributed by atoms with Gasteiger partial charge < -0.3 is 19.8 Å². The Kier molecular flexibility index (Phi) is 3.26. The molecule has 0 bridgehead atoms. The van der Waals surface area contributed by atoms with Crippen molar-refractivity contribution in [2.45, 2.75) is 19.1 Å². The van der Waals surface area contributed by atoms with E-state index in [2.05, 4.69) is 0 Å². The molecule has 2 N–H and O–H groups in total. The molecule has 0 aromatic carbocycles. The van der Waals surface area contributed by atoms with Gasteiger partial charge in [-0.05, 0) is 13.0 Å². The standard InChI is InChI=1S/C11H16N2O3/c1-8(12)10-6-13(3-5-16-10)11(14)9-2-4-15-7-9/h2,4,7-8,10H,3,5-6,12H2,1H3/t8-,10-/m0/s1. The quantitative estimate of drug-likeness (QED) is 0.792. The van der Waals surface area contributed by atoms with Crippen molar-refractivity contribution in [3.05, 3.63) is 24.2 Å². The molecule has 5 nitrogen and oxygen atoms in total. The Morgan fingerprint density at radius 2 is 2.50 bits per heavy atom. The second kappa shape index (κ2) is 4.67. The van der Waals surface area contributed by atoms with Crippen LogP contribution in [0.25, 0.3) is 0 Å². The molecule has 1 aliphatic rings. The van der Waals surface area contributed by atoms with E-state index in [1.807, 2.05) is 6.92 Å². The van der Waals surface area contributed by atoms with Crippen LogP contribution in [0.5, 0.6) is 0 Å². The third-order valence-corrected chi connectivity index (χ3v) is 2.74. The summed E-state index contributed by atoms with van der Waals surface area (Å²) in [6.45, 7) is 3.57. The van der Waals surface area contributed by atoms with E-state index >= 15 is 0 Å². The highest BCUT2D eigenvalue weighted by molar-refractivity contribution is 5.93. The van der Waals surface area contributed by atoms with E-state index in [1.54, 1.807) is 11.0 Å². The highest BCUT2D eigenvalue weighted by Gasteiger charge is 2.27. The lowest BCUT2D eigenvalue weighted by atomic mass is 10.1. The van der Waals surface area contributed by atoms with Crippen LogP contribution in [0.3, 0.4) is 0 Å². The van der Waals surface area contributed by atoms with Gasteiger partial charge >= 0.3 is 0 Å². The van der Waals surface area contributed by atoms with Gasteiger partial charge in [-0.25, -0.2) is 0 Å². The number of amides is 1. The fourth-order valence-corrected chi connectivity index (χ4v) is 1.75. The molecule has 0 saturated carbocycles. The van der Waals surface area contributed by atoms with Gasteiger partial charge in [0.05, 0.1) is 24.5 Å². The lowest BCUT2D eigenvalue weighted by Gasteiger charge is -2.34. The molecule has 1 aromatic heterocycles. The smallest absolute Gasteiger partial charge is 0.257 e. The summed E-state index contributed by atoms with van der Waals surface area (Å²) in [6, 6.07) is 1.60. The predicted octanol–water partition coefficient (Wildman–Crippen LogP) is 0.468. The fourth-order valence-electron chi connectivity index (χ4n) is 1.75. The minimum atomic E-state index is -0.0791. The zero-order valence-electron chi connectivity index (χ0n) is 9.26. The molecule has 0 unspecified atom stereocenters. The normalized spacial score (nSPS) is 23.1. The van der Waals surface area contributed by atoms with E-state index in [4.69, 9.17) is 14.9 Å². The van der Waals surface area contributed by atoms with Gasteiger partial charge in [-0.15, -0.1) is 0 Å². The van der Waals surface area contributed by atoms with E-state index < -0.39 is 0 Å². The topological polar surface area (TPSA) is 68.7 Å². The number of hydrogen-bond acceptors (Lipinski definition) is 4. The summed E-state index contributed by atoms with van der Waals surface area (Å²) in [7, 11) is 0. The molecule has 0 aliphatic carbocycles. The number of carbonyl (C=O) groups excluding carboxylic acids is 1. The van der Waals surface area contributed by atoms with E-state index in [0.29, 0.717) is 25.3 Å². The Morgan fingerprint density at radius 1 is 1.69 bits per heavy atom. The van der Waals surface area contributed by atoms with Crippen molar-refractivity contribution in [3.63, 3.8) is 0 Å². The van der Waals surface area contributed by atoms with Crippen molar-refractivity contribution in [2.24, 2.45) is 5.73 Å². The van der Waals surface area contributed by atoms with Gasteiger partial charge in [-0.3, -0.25) is 4.79 Å². The fraction of sp³-hybridized carbons (Fsp3) is 0.545.